The third-order valence-corrected chi connectivity index (χ3v) is 5.41. The maximum absolute atomic E-state index is 13.5. The van der Waals surface area contributed by atoms with Crippen LogP contribution in [0, 0.1) is 6.92 Å². The molecule has 0 aliphatic carbocycles. The Hall–Kier alpha value is -3.74. The number of hydrogen-bond acceptors (Lipinski definition) is 5. The summed E-state index contributed by atoms with van der Waals surface area (Å²) < 4.78 is 9.23. The van der Waals surface area contributed by atoms with Crippen LogP contribution < -0.4 is 10.3 Å². The monoisotopic (exact) mass is 413 g/mol. The molecule has 0 aliphatic rings. The lowest BCUT2D eigenvalue weighted by molar-refractivity contribution is 0.340. The number of nitrogens with zero attached hydrogens (tertiary/aromatic N) is 5. The highest BCUT2D eigenvalue weighted by Crippen LogP contribution is 2.29. The molecule has 7 nitrogen and oxygen atoms in total. The molecule has 31 heavy (non-hydrogen) atoms. The molecule has 0 atom stereocenters. The fourth-order valence-corrected chi connectivity index (χ4v) is 4.02. The van der Waals surface area contributed by atoms with Gasteiger partial charge in [0.25, 0.3) is 5.56 Å². The quantitative estimate of drug-likeness (QED) is 0.427. The van der Waals surface area contributed by atoms with Crippen molar-refractivity contribution < 1.29 is 4.74 Å². The molecule has 0 saturated heterocycles. The molecule has 0 spiro atoms. The van der Waals surface area contributed by atoms with Gasteiger partial charge in [-0.3, -0.25) is 13.9 Å². The fraction of sp³-hybridized carbons (Fsp3) is 0.250. The molecular formula is C24H23N5O2. The standard InChI is InChI=1S/C24H23N5O2/c1-4-14-28-15(3)25-22-20(24(28)30)21-23(27-19-9-7-6-8-18(19)26-21)29(22)16-10-12-17(13-11-16)31-5-2/h6-13H,4-5,14H2,1-3H3. The molecule has 0 fully saturated rings. The number of para-hydroxylation sites is 2. The van der Waals surface area contributed by atoms with Crippen molar-refractivity contribution in [2.45, 2.75) is 33.7 Å². The van der Waals surface area contributed by atoms with Crippen LogP contribution in [0.3, 0.4) is 0 Å². The lowest BCUT2D eigenvalue weighted by atomic mass is 10.3. The fourth-order valence-electron chi connectivity index (χ4n) is 4.02. The first kappa shape index (κ1) is 19.2. The van der Waals surface area contributed by atoms with Crippen LogP contribution >= 0.6 is 0 Å². The summed E-state index contributed by atoms with van der Waals surface area (Å²) in [4.78, 5) is 28.0. The van der Waals surface area contributed by atoms with E-state index >= 15 is 0 Å². The molecule has 5 rings (SSSR count). The van der Waals surface area contributed by atoms with Crippen LogP contribution in [0.5, 0.6) is 5.75 Å². The number of aryl methyl sites for hydroxylation is 1. The molecule has 0 N–H and O–H groups in total. The Morgan fingerprint density at radius 1 is 0.903 bits per heavy atom. The van der Waals surface area contributed by atoms with E-state index in [1.807, 2.05) is 73.9 Å². The highest BCUT2D eigenvalue weighted by Gasteiger charge is 2.22. The topological polar surface area (TPSA) is 74.8 Å². The minimum atomic E-state index is -0.0800. The normalized spacial score (nSPS) is 11.6. The van der Waals surface area contributed by atoms with Gasteiger partial charge in [0.05, 0.1) is 17.6 Å². The lowest BCUT2D eigenvalue weighted by Gasteiger charge is -2.10. The number of rotatable bonds is 5. The van der Waals surface area contributed by atoms with Gasteiger partial charge >= 0.3 is 0 Å². The van der Waals surface area contributed by atoms with E-state index in [2.05, 4.69) is 0 Å². The van der Waals surface area contributed by atoms with Crippen LogP contribution in [0.4, 0.5) is 0 Å². The van der Waals surface area contributed by atoms with Gasteiger partial charge in [0.15, 0.2) is 11.3 Å². The van der Waals surface area contributed by atoms with Crippen molar-refractivity contribution in [1.29, 1.82) is 0 Å². The molecule has 0 amide bonds. The highest BCUT2D eigenvalue weighted by atomic mass is 16.5. The van der Waals surface area contributed by atoms with Gasteiger partial charge < -0.3 is 4.74 Å². The molecule has 156 valence electrons. The van der Waals surface area contributed by atoms with Crippen LogP contribution in [0.15, 0.2) is 53.3 Å². The smallest absolute Gasteiger partial charge is 0.265 e. The first-order chi connectivity index (χ1) is 15.1. The van der Waals surface area contributed by atoms with Gasteiger partial charge in [0.2, 0.25) is 0 Å². The zero-order valence-corrected chi connectivity index (χ0v) is 17.8. The molecule has 2 aromatic carbocycles. The van der Waals surface area contributed by atoms with E-state index in [0.29, 0.717) is 41.2 Å². The molecule has 0 saturated carbocycles. The Bertz CT molecular complexity index is 1480. The van der Waals surface area contributed by atoms with Crippen LogP contribution in [0.1, 0.15) is 26.1 Å². The maximum Gasteiger partial charge on any atom is 0.265 e. The molecular weight excluding hydrogens is 390 g/mol. The lowest BCUT2D eigenvalue weighted by Crippen LogP contribution is -2.24. The van der Waals surface area contributed by atoms with Gasteiger partial charge in [-0.1, -0.05) is 19.1 Å². The van der Waals surface area contributed by atoms with E-state index in [1.54, 1.807) is 4.57 Å². The van der Waals surface area contributed by atoms with Crippen molar-refractivity contribution in [3.8, 4) is 11.4 Å². The average molecular weight is 413 g/mol. The minimum Gasteiger partial charge on any atom is -0.494 e. The number of fused-ring (bicyclic) bond motifs is 4. The summed E-state index contributed by atoms with van der Waals surface area (Å²) in [6, 6.07) is 15.4. The molecule has 7 heteroatoms. The van der Waals surface area contributed by atoms with Gasteiger partial charge in [0.1, 0.15) is 22.5 Å². The van der Waals surface area contributed by atoms with Crippen LogP contribution in [-0.4, -0.2) is 30.7 Å². The predicted molar refractivity (Wildman–Crippen MR) is 122 cm³/mol. The van der Waals surface area contributed by atoms with E-state index < -0.39 is 0 Å². The molecule has 5 aromatic rings. The van der Waals surface area contributed by atoms with Crippen molar-refractivity contribution >= 4 is 33.2 Å². The Morgan fingerprint density at radius 3 is 2.29 bits per heavy atom. The third kappa shape index (κ3) is 3.04. The first-order valence-corrected chi connectivity index (χ1v) is 10.5. The van der Waals surface area contributed by atoms with Gasteiger partial charge in [-0.2, -0.15) is 0 Å². The molecule has 0 aliphatic heterocycles. The maximum atomic E-state index is 13.5. The van der Waals surface area contributed by atoms with E-state index in [4.69, 9.17) is 19.7 Å². The average Bonchev–Trinajstić information content (AvgIpc) is 3.08. The highest BCUT2D eigenvalue weighted by molar-refractivity contribution is 6.05. The minimum absolute atomic E-state index is 0.0800. The largest absolute Gasteiger partial charge is 0.494 e. The third-order valence-electron chi connectivity index (χ3n) is 5.41. The summed E-state index contributed by atoms with van der Waals surface area (Å²) in [7, 11) is 0. The van der Waals surface area contributed by atoms with Crippen LogP contribution in [0.25, 0.3) is 38.9 Å². The molecule has 0 bridgehead atoms. The summed E-state index contributed by atoms with van der Waals surface area (Å²) in [5.74, 6) is 1.47. The number of aromatic nitrogens is 5. The van der Waals surface area contributed by atoms with E-state index in [0.717, 1.165) is 28.9 Å². The Labute approximate surface area is 179 Å². The van der Waals surface area contributed by atoms with E-state index in [-0.39, 0.29) is 5.56 Å². The first-order valence-electron chi connectivity index (χ1n) is 10.5. The van der Waals surface area contributed by atoms with E-state index in [9.17, 15) is 4.79 Å². The van der Waals surface area contributed by atoms with Gasteiger partial charge in [-0.25, -0.2) is 15.0 Å². The molecule has 3 aromatic heterocycles. The summed E-state index contributed by atoms with van der Waals surface area (Å²) >= 11 is 0. The Morgan fingerprint density at radius 2 is 1.61 bits per heavy atom. The van der Waals surface area contributed by atoms with Crippen LogP contribution in [-0.2, 0) is 6.54 Å². The second-order valence-corrected chi connectivity index (χ2v) is 7.46. The Kier molecular flexibility index (Phi) is 4.66. The second-order valence-electron chi connectivity index (χ2n) is 7.46. The van der Waals surface area contributed by atoms with E-state index in [1.165, 1.54) is 0 Å². The van der Waals surface area contributed by atoms with Crippen LogP contribution in [0.2, 0.25) is 0 Å². The molecule has 0 unspecified atom stereocenters. The Balaban J connectivity index is 1.92. The second kappa shape index (κ2) is 7.50. The predicted octanol–water partition coefficient (Wildman–Crippen LogP) is 4.40. The number of ether oxygens (including phenoxy) is 1. The zero-order chi connectivity index (χ0) is 21.5. The molecule has 0 radical (unpaired) electrons. The van der Waals surface area contributed by atoms with Gasteiger partial charge in [-0.15, -0.1) is 0 Å². The van der Waals surface area contributed by atoms with Crippen molar-refractivity contribution in [3.05, 3.63) is 64.7 Å². The van der Waals surface area contributed by atoms with Gasteiger partial charge in [-0.05, 0) is 56.7 Å². The number of benzene rings is 2. The van der Waals surface area contributed by atoms with Crippen molar-refractivity contribution in [3.63, 3.8) is 0 Å². The summed E-state index contributed by atoms with van der Waals surface area (Å²) in [5.41, 5.74) is 4.07. The van der Waals surface area contributed by atoms with Crippen molar-refractivity contribution in [1.82, 2.24) is 24.1 Å². The SMILES string of the molecule is CCCn1c(C)nc2c(c1=O)c1nc3ccccc3nc1n2-c1ccc(OCC)cc1. The zero-order valence-electron chi connectivity index (χ0n) is 17.8. The molecule has 3 heterocycles. The summed E-state index contributed by atoms with van der Waals surface area (Å²) in [5, 5.41) is 0.501. The van der Waals surface area contributed by atoms with Crippen molar-refractivity contribution in [2.24, 2.45) is 0 Å². The summed E-state index contributed by atoms with van der Waals surface area (Å²) in [6.07, 6.45) is 0.847. The summed E-state index contributed by atoms with van der Waals surface area (Å²) in [6.45, 7) is 7.09. The van der Waals surface area contributed by atoms with Crippen molar-refractivity contribution in [2.75, 3.05) is 6.61 Å². The van der Waals surface area contributed by atoms with Gasteiger partial charge in [0, 0.05) is 12.2 Å². The number of hydrogen-bond donors (Lipinski definition) is 0.